The second kappa shape index (κ2) is 4.56. The molecule has 0 amide bonds. The molecule has 0 spiro atoms. The van der Waals surface area contributed by atoms with Gasteiger partial charge < -0.3 is 0 Å². The molecule has 2 heteroatoms. The Kier molecular flexibility index (Phi) is 4.82. The molecule has 0 aromatic rings. The Morgan fingerprint density at radius 2 is 2.29 bits per heavy atom. The quantitative estimate of drug-likeness (QED) is 0.517. The molecule has 0 N–H and O–H groups in total. The van der Waals surface area contributed by atoms with Crippen molar-refractivity contribution in [2.75, 3.05) is 0 Å². The van der Waals surface area contributed by atoms with E-state index in [-0.39, 0.29) is 3.79 Å². The molecule has 0 atom stereocenters. The van der Waals surface area contributed by atoms with E-state index < -0.39 is 0 Å². The molecule has 0 aliphatic rings. The molecule has 7 heavy (non-hydrogen) atoms. The smallest absolute Gasteiger partial charge is 0.192 e. The fourth-order valence-electron chi connectivity index (χ4n) is 0.316. The molecule has 0 aromatic heterocycles. The minimum Gasteiger partial charge on any atom is -0.288 e. The van der Waals surface area contributed by atoms with Crippen molar-refractivity contribution in [3.05, 3.63) is 0 Å². The highest BCUT2D eigenvalue weighted by Gasteiger charge is 1.89. The summed E-state index contributed by atoms with van der Waals surface area (Å²) >= 11 is 1.83. The normalized spacial score (nSPS) is 8.86. The third-order valence-corrected chi connectivity index (χ3v) is 1.27. The van der Waals surface area contributed by atoms with E-state index in [0.29, 0.717) is 0 Å². The van der Waals surface area contributed by atoms with Gasteiger partial charge in [-0.2, -0.15) is 0 Å². The van der Waals surface area contributed by atoms with E-state index in [1.165, 1.54) is 0 Å². The first-order valence-corrected chi connectivity index (χ1v) is 3.53. The van der Waals surface area contributed by atoms with Gasteiger partial charge in [0.2, 0.25) is 0 Å². The zero-order valence-corrected chi connectivity index (χ0v) is 6.57. The van der Waals surface area contributed by atoms with Crippen LogP contribution in [0.3, 0.4) is 0 Å². The van der Waals surface area contributed by atoms with Crippen LogP contribution in [0.5, 0.6) is 0 Å². The van der Waals surface area contributed by atoms with Gasteiger partial charge in [-0.3, -0.25) is 4.79 Å². The maximum absolute atomic E-state index is 10.2. The first kappa shape index (κ1) is 7.40. The molecule has 0 saturated carbocycles. The molecule has 0 heterocycles. The summed E-state index contributed by atoms with van der Waals surface area (Å²) in [5, 5.41) is 0. The Balaban J connectivity index is 2.82. The summed E-state index contributed by atoms with van der Waals surface area (Å²) in [5.74, 6) is 0. The van der Waals surface area contributed by atoms with Crippen LogP contribution in [0.2, 0.25) is 0 Å². The van der Waals surface area contributed by atoms with Gasteiger partial charge >= 0.3 is 0 Å². The number of carbonyl (C=O) groups excluding carboxylic acids is 1. The Hall–Kier alpha value is 0.400. The van der Waals surface area contributed by atoms with Crippen molar-refractivity contribution in [3.8, 4) is 0 Å². The maximum Gasteiger partial charge on any atom is 0.192 e. The fourth-order valence-corrected chi connectivity index (χ4v) is 0.697. The van der Waals surface area contributed by atoms with Crippen LogP contribution in [-0.4, -0.2) is 3.79 Å². The van der Waals surface area contributed by atoms with E-state index in [2.05, 4.69) is 6.92 Å². The van der Waals surface area contributed by atoms with Crippen LogP contribution in [0, 0.1) is 0 Å². The average molecular weight is 212 g/mol. The van der Waals surface area contributed by atoms with Crippen LogP contribution < -0.4 is 0 Å². The van der Waals surface area contributed by atoms with Crippen molar-refractivity contribution in [2.24, 2.45) is 0 Å². The maximum atomic E-state index is 10.2. The van der Waals surface area contributed by atoms with E-state index in [1.54, 1.807) is 0 Å². The van der Waals surface area contributed by atoms with Gasteiger partial charge in [0.1, 0.15) is 0 Å². The molecule has 0 bridgehead atoms. The highest BCUT2D eigenvalue weighted by Crippen LogP contribution is 1.99. The summed E-state index contributed by atoms with van der Waals surface area (Å²) in [5.41, 5.74) is 0. The number of hydrogen-bond acceptors (Lipinski definition) is 1. The van der Waals surface area contributed by atoms with Crippen LogP contribution in [0.4, 0.5) is 0 Å². The third kappa shape index (κ3) is 6.40. The van der Waals surface area contributed by atoms with Gasteiger partial charge in [0.15, 0.2) is 3.79 Å². The first-order chi connectivity index (χ1) is 3.27. The molecule has 0 rings (SSSR count). The molecular formula is C5H9IO. The zero-order valence-electron chi connectivity index (χ0n) is 4.41. The molecule has 0 radical (unpaired) electrons. The number of halogens is 1. The Morgan fingerprint density at radius 1 is 1.71 bits per heavy atom. The molecule has 0 saturated heterocycles. The summed E-state index contributed by atoms with van der Waals surface area (Å²) in [6, 6.07) is 0. The lowest BCUT2D eigenvalue weighted by atomic mass is 10.3. The van der Waals surface area contributed by atoms with Crippen LogP contribution in [0.25, 0.3) is 0 Å². The van der Waals surface area contributed by atoms with Crippen molar-refractivity contribution < 1.29 is 4.79 Å². The number of carbonyl (C=O) groups is 1. The van der Waals surface area contributed by atoms with Crippen molar-refractivity contribution in [2.45, 2.75) is 26.2 Å². The molecular weight excluding hydrogens is 203 g/mol. The Morgan fingerprint density at radius 3 is 2.43 bits per heavy atom. The lowest BCUT2D eigenvalue weighted by Gasteiger charge is -1.85. The van der Waals surface area contributed by atoms with Crippen LogP contribution in [0.1, 0.15) is 26.2 Å². The summed E-state index contributed by atoms with van der Waals surface area (Å²) in [6.45, 7) is 2.08. The standard InChI is InChI=1S/C5H9IO/c1-2-3-4-5(6)7/h2-4H2,1H3. The average Bonchev–Trinajstić information content (AvgIpc) is 1.61. The number of rotatable bonds is 3. The number of hydrogen-bond donors (Lipinski definition) is 0. The second-order valence-corrected chi connectivity index (χ2v) is 2.66. The van der Waals surface area contributed by atoms with E-state index in [4.69, 9.17) is 0 Å². The monoisotopic (exact) mass is 212 g/mol. The fraction of sp³-hybridized carbons (Fsp3) is 0.800. The topological polar surface area (TPSA) is 17.1 Å². The summed E-state index contributed by atoms with van der Waals surface area (Å²) in [6.07, 6.45) is 2.91. The molecule has 0 fully saturated rings. The Bertz CT molecular complexity index is 61.1. The van der Waals surface area contributed by atoms with Gasteiger partial charge in [-0.25, -0.2) is 0 Å². The van der Waals surface area contributed by atoms with E-state index in [9.17, 15) is 4.79 Å². The molecule has 0 unspecified atom stereocenters. The van der Waals surface area contributed by atoms with E-state index >= 15 is 0 Å². The summed E-state index contributed by atoms with van der Waals surface area (Å²) in [4.78, 5) is 10.2. The predicted molar refractivity (Wildman–Crippen MR) is 38.6 cm³/mol. The summed E-state index contributed by atoms with van der Waals surface area (Å²) < 4.78 is 0.277. The third-order valence-electron chi connectivity index (χ3n) is 0.727. The van der Waals surface area contributed by atoms with Crippen molar-refractivity contribution in [1.82, 2.24) is 0 Å². The van der Waals surface area contributed by atoms with Crippen molar-refractivity contribution >= 4 is 26.4 Å². The van der Waals surface area contributed by atoms with Gasteiger partial charge in [0, 0.05) is 6.42 Å². The largest absolute Gasteiger partial charge is 0.288 e. The number of unbranched alkanes of at least 4 members (excludes halogenated alkanes) is 1. The van der Waals surface area contributed by atoms with E-state index in [0.717, 1.165) is 19.3 Å². The van der Waals surface area contributed by atoms with Crippen molar-refractivity contribution in [1.29, 1.82) is 0 Å². The molecule has 0 aliphatic heterocycles. The lowest BCUT2D eigenvalue weighted by molar-refractivity contribution is -0.109. The summed E-state index contributed by atoms with van der Waals surface area (Å²) in [7, 11) is 0. The van der Waals surface area contributed by atoms with Crippen LogP contribution in [0.15, 0.2) is 0 Å². The van der Waals surface area contributed by atoms with Crippen LogP contribution in [-0.2, 0) is 4.79 Å². The van der Waals surface area contributed by atoms with Gasteiger partial charge in [0.05, 0.1) is 0 Å². The van der Waals surface area contributed by atoms with Gasteiger partial charge in [-0.15, -0.1) is 0 Å². The second-order valence-electron chi connectivity index (χ2n) is 1.46. The highest BCUT2D eigenvalue weighted by molar-refractivity contribution is 14.1. The molecule has 1 nitrogen and oxygen atoms in total. The molecule has 0 aliphatic carbocycles. The van der Waals surface area contributed by atoms with E-state index in [1.807, 2.05) is 22.6 Å². The van der Waals surface area contributed by atoms with Gasteiger partial charge in [-0.05, 0) is 29.0 Å². The minimum atomic E-state index is 0.277. The van der Waals surface area contributed by atoms with Crippen LogP contribution >= 0.6 is 22.6 Å². The lowest BCUT2D eigenvalue weighted by Crippen LogP contribution is -1.81. The predicted octanol–water partition coefficient (Wildman–Crippen LogP) is 2.14. The molecule has 42 valence electrons. The Labute approximate surface area is 57.6 Å². The highest BCUT2D eigenvalue weighted by atomic mass is 127. The van der Waals surface area contributed by atoms with Crippen molar-refractivity contribution in [3.63, 3.8) is 0 Å². The first-order valence-electron chi connectivity index (χ1n) is 2.45. The minimum absolute atomic E-state index is 0.277. The van der Waals surface area contributed by atoms with Gasteiger partial charge in [-0.1, -0.05) is 13.3 Å². The molecule has 0 aromatic carbocycles. The zero-order chi connectivity index (χ0) is 5.70. The van der Waals surface area contributed by atoms with Gasteiger partial charge in [0.25, 0.3) is 0 Å². The SMILES string of the molecule is CCCCC(=O)I.